The fourth-order valence-corrected chi connectivity index (χ4v) is 3.09. The number of hydrogen-bond acceptors (Lipinski definition) is 4. The van der Waals surface area contributed by atoms with Crippen molar-refractivity contribution in [2.75, 3.05) is 23.3 Å². The van der Waals surface area contributed by atoms with Gasteiger partial charge in [0, 0.05) is 35.2 Å². The van der Waals surface area contributed by atoms with Crippen LogP contribution in [0.3, 0.4) is 0 Å². The Balaban J connectivity index is 1.59. The maximum Gasteiger partial charge on any atom is 0.433 e. The second-order valence-corrected chi connectivity index (χ2v) is 6.93. The minimum Gasteiger partial charge on any atom is -0.356 e. The number of nitrogens with one attached hydrogen (secondary N) is 1. The van der Waals surface area contributed by atoms with Crippen LogP contribution in [0.5, 0.6) is 0 Å². The lowest BCUT2D eigenvalue weighted by Crippen LogP contribution is -2.38. The van der Waals surface area contributed by atoms with E-state index in [-0.39, 0.29) is 17.6 Å². The molecule has 3 rings (SSSR count). The van der Waals surface area contributed by atoms with E-state index in [9.17, 15) is 18.0 Å². The molecule has 0 atom stereocenters. The molecule has 1 saturated heterocycles. The third-order valence-corrected chi connectivity index (χ3v) is 4.77. The molecule has 0 bridgehead atoms. The third kappa shape index (κ3) is 4.51. The fourth-order valence-electron chi connectivity index (χ4n) is 2.82. The quantitative estimate of drug-likeness (QED) is 0.798. The van der Waals surface area contributed by atoms with Gasteiger partial charge in [-0.3, -0.25) is 4.79 Å². The smallest absolute Gasteiger partial charge is 0.356 e. The Morgan fingerprint density at radius 3 is 2.42 bits per heavy atom. The van der Waals surface area contributed by atoms with Crippen molar-refractivity contribution in [2.24, 2.45) is 5.92 Å². The molecule has 26 heavy (non-hydrogen) atoms. The van der Waals surface area contributed by atoms with Crippen LogP contribution in [0.4, 0.5) is 24.7 Å². The second kappa shape index (κ2) is 7.61. The highest BCUT2D eigenvalue weighted by Gasteiger charge is 2.34. The van der Waals surface area contributed by atoms with Gasteiger partial charge < -0.3 is 10.2 Å². The monoisotopic (exact) mass is 428 g/mol. The summed E-state index contributed by atoms with van der Waals surface area (Å²) in [6, 6.07) is 8.23. The van der Waals surface area contributed by atoms with Gasteiger partial charge in [0.1, 0.15) is 17.8 Å². The molecule has 9 heteroatoms. The van der Waals surface area contributed by atoms with Crippen LogP contribution in [-0.4, -0.2) is 29.0 Å². The van der Waals surface area contributed by atoms with Crippen molar-refractivity contribution in [1.82, 2.24) is 9.97 Å². The van der Waals surface area contributed by atoms with E-state index in [1.807, 2.05) is 12.1 Å². The molecule has 0 radical (unpaired) electrons. The summed E-state index contributed by atoms with van der Waals surface area (Å²) in [5.41, 5.74) is -0.246. The molecule has 0 unspecified atom stereocenters. The van der Waals surface area contributed by atoms with Crippen molar-refractivity contribution in [1.29, 1.82) is 0 Å². The number of hydrogen-bond donors (Lipinski definition) is 1. The van der Waals surface area contributed by atoms with Crippen LogP contribution in [0, 0.1) is 5.92 Å². The van der Waals surface area contributed by atoms with E-state index in [0.717, 1.165) is 16.9 Å². The molecule has 1 aromatic carbocycles. The highest BCUT2D eigenvalue weighted by molar-refractivity contribution is 9.10. The molecule has 0 spiro atoms. The summed E-state index contributed by atoms with van der Waals surface area (Å²) in [7, 11) is 0. The lowest BCUT2D eigenvalue weighted by Gasteiger charge is -2.32. The van der Waals surface area contributed by atoms with Crippen molar-refractivity contribution in [3.63, 3.8) is 0 Å². The number of halogens is 4. The molecule has 0 saturated carbocycles. The van der Waals surface area contributed by atoms with E-state index in [4.69, 9.17) is 0 Å². The third-order valence-electron chi connectivity index (χ3n) is 4.24. The Morgan fingerprint density at radius 2 is 1.81 bits per heavy atom. The standard InChI is InChI=1S/C17H16BrF3N4O/c18-12-1-3-13(4-2-12)24-16(26)11-5-7-25(8-6-11)15-9-14(17(19,20)21)22-10-23-15/h1-4,9-11H,5-8H2,(H,24,26). The molecule has 2 aromatic rings. The van der Waals surface area contributed by atoms with Gasteiger partial charge in [-0.1, -0.05) is 15.9 Å². The number of carbonyl (C=O) groups excluding carboxylic acids is 1. The van der Waals surface area contributed by atoms with Gasteiger partial charge in [-0.15, -0.1) is 0 Å². The number of nitrogens with zero attached hydrogens (tertiary/aromatic N) is 3. The van der Waals surface area contributed by atoms with Crippen molar-refractivity contribution in [2.45, 2.75) is 19.0 Å². The van der Waals surface area contributed by atoms with Gasteiger partial charge in [-0.2, -0.15) is 13.2 Å². The molecule has 138 valence electrons. The number of alkyl halides is 3. The predicted octanol–water partition coefficient (Wildman–Crippen LogP) is 4.11. The van der Waals surface area contributed by atoms with Crippen LogP contribution in [0.15, 0.2) is 41.1 Å². The molecule has 2 heterocycles. The van der Waals surface area contributed by atoms with Gasteiger partial charge in [-0.25, -0.2) is 9.97 Å². The van der Waals surface area contributed by atoms with Crippen molar-refractivity contribution >= 4 is 33.3 Å². The Labute approximate surface area is 156 Å². The minimum atomic E-state index is -4.50. The molecule has 1 aliphatic heterocycles. The first-order valence-electron chi connectivity index (χ1n) is 8.03. The van der Waals surface area contributed by atoms with E-state index in [0.29, 0.717) is 31.6 Å². The van der Waals surface area contributed by atoms with E-state index in [1.54, 1.807) is 17.0 Å². The van der Waals surface area contributed by atoms with Gasteiger partial charge in [0.2, 0.25) is 5.91 Å². The Kier molecular flexibility index (Phi) is 5.45. The molecule has 1 N–H and O–H groups in total. The molecular weight excluding hydrogens is 413 g/mol. The number of carbonyl (C=O) groups is 1. The summed E-state index contributed by atoms with van der Waals surface area (Å²) in [4.78, 5) is 21.3. The van der Waals surface area contributed by atoms with Crippen molar-refractivity contribution in [3.05, 3.63) is 46.8 Å². The molecule has 1 fully saturated rings. The summed E-state index contributed by atoms with van der Waals surface area (Å²) in [5.74, 6) is -0.0245. The van der Waals surface area contributed by atoms with Gasteiger partial charge in [0.05, 0.1) is 0 Å². The number of anilines is 2. The molecular formula is C17H16BrF3N4O. The normalized spacial score (nSPS) is 15.8. The first-order valence-corrected chi connectivity index (χ1v) is 8.83. The summed E-state index contributed by atoms with van der Waals surface area (Å²) in [6.07, 6.45) is -2.48. The molecule has 1 aromatic heterocycles. The van der Waals surface area contributed by atoms with Crippen LogP contribution in [0.2, 0.25) is 0 Å². The van der Waals surface area contributed by atoms with Crippen LogP contribution < -0.4 is 10.2 Å². The number of aromatic nitrogens is 2. The Morgan fingerprint density at radius 1 is 1.15 bits per heavy atom. The summed E-state index contributed by atoms with van der Waals surface area (Å²) in [5, 5.41) is 2.87. The first kappa shape index (κ1) is 18.6. The Hall–Kier alpha value is -2.16. The van der Waals surface area contributed by atoms with Gasteiger partial charge >= 0.3 is 6.18 Å². The van der Waals surface area contributed by atoms with Gasteiger partial charge in [-0.05, 0) is 37.1 Å². The molecule has 1 aliphatic rings. The lowest BCUT2D eigenvalue weighted by molar-refractivity contribution is -0.141. The maximum atomic E-state index is 12.8. The number of amides is 1. The first-order chi connectivity index (χ1) is 12.3. The summed E-state index contributed by atoms with van der Waals surface area (Å²) < 4.78 is 39.2. The topological polar surface area (TPSA) is 58.1 Å². The summed E-state index contributed by atoms with van der Waals surface area (Å²) in [6.45, 7) is 0.930. The van der Waals surface area contributed by atoms with E-state index in [2.05, 4.69) is 31.2 Å². The minimum absolute atomic E-state index is 0.0781. The zero-order valence-electron chi connectivity index (χ0n) is 13.6. The zero-order valence-corrected chi connectivity index (χ0v) is 15.2. The van der Waals surface area contributed by atoms with Gasteiger partial charge in [0.25, 0.3) is 0 Å². The van der Waals surface area contributed by atoms with Crippen LogP contribution in [0.25, 0.3) is 0 Å². The lowest BCUT2D eigenvalue weighted by atomic mass is 9.95. The Bertz CT molecular complexity index is 774. The zero-order chi connectivity index (χ0) is 18.7. The maximum absolute atomic E-state index is 12.8. The van der Waals surface area contributed by atoms with Crippen LogP contribution >= 0.6 is 15.9 Å². The molecule has 1 amide bonds. The molecule has 0 aliphatic carbocycles. The van der Waals surface area contributed by atoms with Gasteiger partial charge in [0.15, 0.2) is 0 Å². The van der Waals surface area contributed by atoms with E-state index < -0.39 is 11.9 Å². The number of piperidine rings is 1. The SMILES string of the molecule is O=C(Nc1ccc(Br)cc1)C1CCN(c2cc(C(F)(F)F)ncn2)CC1. The fraction of sp³-hybridized carbons (Fsp3) is 0.353. The van der Waals surface area contributed by atoms with Crippen molar-refractivity contribution < 1.29 is 18.0 Å². The molecule has 5 nitrogen and oxygen atoms in total. The number of benzene rings is 1. The predicted molar refractivity (Wildman–Crippen MR) is 94.7 cm³/mol. The van der Waals surface area contributed by atoms with Crippen molar-refractivity contribution in [3.8, 4) is 0 Å². The van der Waals surface area contributed by atoms with Crippen LogP contribution in [0.1, 0.15) is 18.5 Å². The average Bonchev–Trinajstić information content (AvgIpc) is 2.63. The number of rotatable bonds is 3. The van der Waals surface area contributed by atoms with Crippen LogP contribution in [-0.2, 0) is 11.0 Å². The average molecular weight is 429 g/mol. The largest absolute Gasteiger partial charge is 0.433 e. The van der Waals surface area contributed by atoms with E-state index >= 15 is 0 Å². The second-order valence-electron chi connectivity index (χ2n) is 6.02. The van der Waals surface area contributed by atoms with E-state index in [1.165, 1.54) is 0 Å². The highest BCUT2D eigenvalue weighted by atomic mass is 79.9. The highest BCUT2D eigenvalue weighted by Crippen LogP contribution is 2.30. The summed E-state index contributed by atoms with van der Waals surface area (Å²) >= 11 is 3.34.